The molecule has 1 aromatic rings. The molecule has 0 spiro atoms. The van der Waals surface area contributed by atoms with Crippen LogP contribution in [-0.4, -0.2) is 73.1 Å². The highest BCUT2D eigenvalue weighted by Gasteiger charge is 2.27. The summed E-state index contributed by atoms with van der Waals surface area (Å²) in [6, 6.07) is 6.80. The van der Waals surface area contributed by atoms with Gasteiger partial charge < -0.3 is 15.0 Å². The van der Waals surface area contributed by atoms with Crippen LogP contribution in [0.25, 0.3) is 0 Å². The average Bonchev–Trinajstić information content (AvgIpc) is 2.71. The first-order chi connectivity index (χ1) is 14.4. The van der Waals surface area contributed by atoms with E-state index >= 15 is 0 Å². The van der Waals surface area contributed by atoms with Gasteiger partial charge in [-0.25, -0.2) is 0 Å². The number of carbonyl (C=O) groups is 2. The molecule has 2 saturated heterocycles. The molecule has 0 bridgehead atoms. The molecule has 2 heterocycles. The molecule has 0 radical (unpaired) electrons. The van der Waals surface area contributed by atoms with Gasteiger partial charge in [-0.05, 0) is 63.3 Å². The van der Waals surface area contributed by atoms with Crippen molar-refractivity contribution in [2.24, 2.45) is 5.92 Å². The van der Waals surface area contributed by atoms with E-state index in [0.717, 1.165) is 45.6 Å². The molecule has 6 nitrogen and oxygen atoms in total. The summed E-state index contributed by atoms with van der Waals surface area (Å²) in [4.78, 5) is 29.1. The van der Waals surface area contributed by atoms with Crippen molar-refractivity contribution in [1.29, 1.82) is 0 Å². The summed E-state index contributed by atoms with van der Waals surface area (Å²) in [6.45, 7) is 9.58. The minimum Gasteiger partial charge on any atom is -0.373 e. The van der Waals surface area contributed by atoms with Crippen molar-refractivity contribution in [3.63, 3.8) is 0 Å². The molecule has 7 heteroatoms. The number of carbonyl (C=O) groups excluding carboxylic acids is 2. The first-order valence-corrected chi connectivity index (χ1v) is 11.5. The largest absolute Gasteiger partial charge is 0.373 e. The summed E-state index contributed by atoms with van der Waals surface area (Å²) in [6.07, 6.45) is 3.87. The van der Waals surface area contributed by atoms with E-state index in [4.69, 9.17) is 16.3 Å². The lowest BCUT2D eigenvalue weighted by molar-refractivity contribution is -0.132. The number of nitrogens with one attached hydrogen (secondary N) is 1. The van der Waals surface area contributed by atoms with Crippen LogP contribution in [0.4, 0.5) is 0 Å². The lowest BCUT2D eigenvalue weighted by Crippen LogP contribution is -2.48. The maximum Gasteiger partial charge on any atom is 0.251 e. The topological polar surface area (TPSA) is 61.9 Å². The second-order valence-electron chi connectivity index (χ2n) is 8.67. The minimum atomic E-state index is -0.133. The number of hydrogen-bond acceptors (Lipinski definition) is 4. The Labute approximate surface area is 184 Å². The van der Waals surface area contributed by atoms with Crippen LogP contribution in [0.1, 0.15) is 49.9 Å². The van der Waals surface area contributed by atoms with Gasteiger partial charge in [0.1, 0.15) is 0 Å². The van der Waals surface area contributed by atoms with Crippen molar-refractivity contribution in [3.05, 3.63) is 34.9 Å². The normalized spacial score (nSPS) is 23.4. The molecule has 2 aliphatic heterocycles. The highest BCUT2D eigenvalue weighted by Crippen LogP contribution is 2.21. The second-order valence-corrected chi connectivity index (χ2v) is 9.10. The van der Waals surface area contributed by atoms with Gasteiger partial charge in [0.05, 0.1) is 12.2 Å². The van der Waals surface area contributed by atoms with E-state index in [1.54, 1.807) is 24.3 Å². The van der Waals surface area contributed by atoms with Gasteiger partial charge in [-0.3, -0.25) is 14.5 Å². The third-order valence-electron chi connectivity index (χ3n) is 5.94. The third-order valence-corrected chi connectivity index (χ3v) is 6.19. The fraction of sp³-hybridized carbons (Fsp3) is 0.652. The van der Waals surface area contributed by atoms with Crippen LogP contribution in [-0.2, 0) is 9.53 Å². The number of morpholine rings is 1. The molecular weight excluding hydrogens is 402 g/mol. The van der Waals surface area contributed by atoms with Gasteiger partial charge in [-0.1, -0.05) is 11.6 Å². The van der Waals surface area contributed by atoms with E-state index in [1.807, 2.05) is 4.90 Å². The maximum atomic E-state index is 12.5. The van der Waals surface area contributed by atoms with Gasteiger partial charge in [0, 0.05) is 56.3 Å². The predicted molar refractivity (Wildman–Crippen MR) is 119 cm³/mol. The van der Waals surface area contributed by atoms with Crippen LogP contribution >= 0.6 is 11.6 Å². The van der Waals surface area contributed by atoms with Crippen LogP contribution in [0.2, 0.25) is 5.02 Å². The SMILES string of the molecule is CC1CN(CC2CCN(C(=O)CCCNC(=O)c3ccc(Cl)cc3)CC2)CC(C)O1. The number of benzene rings is 1. The smallest absolute Gasteiger partial charge is 0.251 e. The number of hydrogen-bond donors (Lipinski definition) is 1. The van der Waals surface area contributed by atoms with Gasteiger partial charge in [0.2, 0.25) is 5.91 Å². The average molecular weight is 436 g/mol. The van der Waals surface area contributed by atoms with Crippen LogP contribution in [0.3, 0.4) is 0 Å². The molecule has 1 N–H and O–H groups in total. The van der Waals surface area contributed by atoms with Gasteiger partial charge in [-0.15, -0.1) is 0 Å². The number of rotatable bonds is 7. The Morgan fingerprint density at radius 1 is 1.10 bits per heavy atom. The van der Waals surface area contributed by atoms with Crippen molar-refractivity contribution in [3.8, 4) is 0 Å². The number of amides is 2. The summed E-state index contributed by atoms with van der Waals surface area (Å²) in [7, 11) is 0. The summed E-state index contributed by atoms with van der Waals surface area (Å²) >= 11 is 5.84. The molecule has 1 aromatic carbocycles. The molecular formula is C23H34ClN3O3. The first-order valence-electron chi connectivity index (χ1n) is 11.1. The van der Waals surface area contributed by atoms with Crippen molar-refractivity contribution in [2.75, 3.05) is 39.3 Å². The van der Waals surface area contributed by atoms with Crippen molar-refractivity contribution >= 4 is 23.4 Å². The number of piperidine rings is 1. The molecule has 2 atom stereocenters. The van der Waals surface area contributed by atoms with E-state index in [-0.39, 0.29) is 11.8 Å². The lowest BCUT2D eigenvalue weighted by atomic mass is 9.95. The Morgan fingerprint density at radius 3 is 2.37 bits per heavy atom. The van der Waals surface area contributed by atoms with Crippen molar-refractivity contribution in [2.45, 2.75) is 51.7 Å². The second kappa shape index (κ2) is 11.1. The molecule has 0 aromatic heterocycles. The monoisotopic (exact) mass is 435 g/mol. The van der Waals surface area contributed by atoms with Crippen LogP contribution in [0.5, 0.6) is 0 Å². The highest BCUT2D eigenvalue weighted by molar-refractivity contribution is 6.30. The summed E-state index contributed by atoms with van der Waals surface area (Å²) < 4.78 is 5.82. The maximum absolute atomic E-state index is 12.5. The van der Waals surface area contributed by atoms with Gasteiger partial charge in [0.25, 0.3) is 5.91 Å². The van der Waals surface area contributed by atoms with Crippen LogP contribution in [0.15, 0.2) is 24.3 Å². The summed E-state index contributed by atoms with van der Waals surface area (Å²) in [5, 5.41) is 3.47. The highest BCUT2D eigenvalue weighted by atomic mass is 35.5. The number of ether oxygens (including phenoxy) is 1. The van der Waals surface area contributed by atoms with Gasteiger partial charge in [0.15, 0.2) is 0 Å². The Balaban J connectivity index is 1.30. The fourth-order valence-electron chi connectivity index (χ4n) is 4.47. The molecule has 2 fully saturated rings. The van der Waals surface area contributed by atoms with Gasteiger partial charge >= 0.3 is 0 Å². The van der Waals surface area contributed by atoms with Crippen molar-refractivity contribution in [1.82, 2.24) is 15.1 Å². The van der Waals surface area contributed by atoms with E-state index < -0.39 is 0 Å². The Morgan fingerprint density at radius 2 is 1.73 bits per heavy atom. The third kappa shape index (κ3) is 6.96. The molecule has 30 heavy (non-hydrogen) atoms. The fourth-order valence-corrected chi connectivity index (χ4v) is 4.59. The Kier molecular flexibility index (Phi) is 8.54. The molecule has 2 aliphatic rings. The lowest BCUT2D eigenvalue weighted by Gasteiger charge is -2.39. The zero-order valence-electron chi connectivity index (χ0n) is 18.1. The molecule has 2 unspecified atom stereocenters. The zero-order valence-corrected chi connectivity index (χ0v) is 18.9. The Bertz CT molecular complexity index is 694. The van der Waals surface area contributed by atoms with E-state index in [9.17, 15) is 9.59 Å². The predicted octanol–water partition coefficient (Wildman–Crippen LogP) is 3.20. The number of nitrogens with zero attached hydrogens (tertiary/aromatic N) is 2. The quantitative estimate of drug-likeness (QED) is 0.668. The Hall–Kier alpha value is -1.63. The molecule has 3 rings (SSSR count). The molecule has 0 saturated carbocycles. The van der Waals surface area contributed by atoms with E-state index in [2.05, 4.69) is 24.1 Å². The summed E-state index contributed by atoms with van der Waals surface area (Å²) in [5.41, 5.74) is 0.580. The number of likely N-dealkylation sites (tertiary alicyclic amines) is 1. The van der Waals surface area contributed by atoms with Crippen molar-refractivity contribution < 1.29 is 14.3 Å². The van der Waals surface area contributed by atoms with E-state index in [0.29, 0.717) is 48.1 Å². The zero-order chi connectivity index (χ0) is 21.5. The minimum absolute atomic E-state index is 0.133. The standard InChI is InChI=1S/C23H34ClN3O3/c1-17-14-26(15-18(2)30-17)16-19-9-12-27(13-10-19)22(28)4-3-11-25-23(29)20-5-7-21(24)8-6-20/h5-8,17-19H,3-4,9-16H2,1-2H3,(H,25,29). The summed E-state index contributed by atoms with van der Waals surface area (Å²) in [5.74, 6) is 0.722. The van der Waals surface area contributed by atoms with E-state index in [1.165, 1.54) is 0 Å². The first kappa shape index (κ1) is 23.0. The molecule has 2 amide bonds. The molecule has 166 valence electrons. The van der Waals surface area contributed by atoms with Gasteiger partial charge in [-0.2, -0.15) is 0 Å². The number of halogens is 1. The van der Waals surface area contributed by atoms with Crippen LogP contribution in [0, 0.1) is 5.92 Å². The molecule has 0 aliphatic carbocycles. The van der Waals surface area contributed by atoms with Crippen LogP contribution < -0.4 is 5.32 Å².